The van der Waals surface area contributed by atoms with Crippen LogP contribution in [0.3, 0.4) is 0 Å². The smallest absolute Gasteiger partial charge is 0.246 e. The molecule has 0 saturated heterocycles. The molecule has 0 rings (SSSR count). The van der Waals surface area contributed by atoms with Crippen molar-refractivity contribution in [1.29, 1.82) is 0 Å². The number of rotatable bonds is 5. The van der Waals surface area contributed by atoms with Gasteiger partial charge < -0.3 is 5.73 Å². The van der Waals surface area contributed by atoms with Crippen molar-refractivity contribution in [3.8, 4) is 0 Å². The molecule has 0 aliphatic rings. The molecule has 0 amide bonds. The third-order valence-corrected chi connectivity index (χ3v) is 2.26. The summed E-state index contributed by atoms with van der Waals surface area (Å²) in [6.45, 7) is -0.0466. The fourth-order valence-electron chi connectivity index (χ4n) is 0.305. The Balaban J connectivity index is 3.84. The van der Waals surface area contributed by atoms with Gasteiger partial charge in [-0.3, -0.25) is 4.55 Å². The molecule has 0 aromatic heterocycles. The summed E-state index contributed by atoms with van der Waals surface area (Å²) in [4.78, 5) is 3.26. The summed E-state index contributed by atoms with van der Waals surface area (Å²) in [5, 5.41) is 0. The number of nitrogens with two attached hydrogens (primary N) is 1. The molecule has 0 aliphatic carbocycles. The van der Waals surface area contributed by atoms with Crippen LogP contribution in [-0.2, 0) is 21.3 Å². The van der Waals surface area contributed by atoms with Gasteiger partial charge in [0.25, 0.3) is 0 Å². The molecule has 9 heteroatoms. The van der Waals surface area contributed by atoms with E-state index in [2.05, 4.69) is 0 Å². The van der Waals surface area contributed by atoms with Gasteiger partial charge in [-0.15, -0.1) is 9.66 Å². The molecule has 0 aromatic carbocycles. The van der Waals surface area contributed by atoms with E-state index in [4.69, 9.17) is 10.3 Å². The summed E-state index contributed by atoms with van der Waals surface area (Å²) in [7, 11) is -3.57. The van der Waals surface area contributed by atoms with Crippen LogP contribution >= 0.6 is 0 Å². The van der Waals surface area contributed by atoms with Gasteiger partial charge in [0.2, 0.25) is 21.3 Å². The van der Waals surface area contributed by atoms with E-state index in [0.717, 1.165) is 0 Å². The van der Waals surface area contributed by atoms with Gasteiger partial charge in [0.1, 0.15) is 0 Å². The standard InChI is InChI=1S/C2H9N3O4S2/c3-1-2-11(8,9)5-4-10(6)7/h4-5H,1-3H2,(H,6,7). The van der Waals surface area contributed by atoms with E-state index in [-0.39, 0.29) is 12.3 Å². The third kappa shape index (κ3) is 6.34. The van der Waals surface area contributed by atoms with Crippen LogP contribution in [0.15, 0.2) is 0 Å². The molecule has 68 valence electrons. The second-order valence-electron chi connectivity index (χ2n) is 1.56. The average molecular weight is 203 g/mol. The minimum Gasteiger partial charge on any atom is -0.329 e. The Labute approximate surface area is 66.8 Å². The first-order valence-electron chi connectivity index (χ1n) is 2.54. The number of nitrogens with one attached hydrogen (secondary N) is 2. The highest BCUT2D eigenvalue weighted by Crippen LogP contribution is 1.77. The SMILES string of the molecule is NCCS(=O)(=O)NNS(=O)O. The van der Waals surface area contributed by atoms with E-state index in [9.17, 15) is 12.6 Å². The maximum absolute atomic E-state index is 10.6. The topological polar surface area (TPSA) is 122 Å². The van der Waals surface area contributed by atoms with Crippen LogP contribution < -0.4 is 15.4 Å². The first kappa shape index (κ1) is 10.9. The van der Waals surface area contributed by atoms with Crippen molar-refractivity contribution in [3.05, 3.63) is 0 Å². The number of hydrogen-bond acceptors (Lipinski definition) is 4. The Morgan fingerprint density at radius 3 is 2.45 bits per heavy atom. The molecule has 0 radical (unpaired) electrons. The molecule has 0 fully saturated rings. The molecular weight excluding hydrogens is 194 g/mol. The second-order valence-corrected chi connectivity index (χ2v) is 4.11. The van der Waals surface area contributed by atoms with Crippen LogP contribution in [0.25, 0.3) is 0 Å². The fourth-order valence-corrected chi connectivity index (χ4v) is 1.51. The van der Waals surface area contributed by atoms with E-state index >= 15 is 0 Å². The van der Waals surface area contributed by atoms with Gasteiger partial charge in [-0.25, -0.2) is 12.6 Å². The summed E-state index contributed by atoms with van der Waals surface area (Å²) in [5.41, 5.74) is 4.94. The van der Waals surface area contributed by atoms with E-state index in [0.29, 0.717) is 0 Å². The number of sulfonamides is 1. The molecule has 0 aromatic rings. The highest BCUT2D eigenvalue weighted by Gasteiger charge is 2.07. The van der Waals surface area contributed by atoms with E-state index in [1.54, 1.807) is 9.66 Å². The molecule has 1 unspecified atom stereocenters. The zero-order chi connectivity index (χ0) is 8.91. The van der Waals surface area contributed by atoms with Gasteiger partial charge in [-0.2, -0.15) is 0 Å². The van der Waals surface area contributed by atoms with Crippen molar-refractivity contribution in [1.82, 2.24) is 9.66 Å². The van der Waals surface area contributed by atoms with E-state index in [1.807, 2.05) is 0 Å². The highest BCUT2D eigenvalue weighted by atomic mass is 32.2. The maximum atomic E-state index is 10.6. The van der Waals surface area contributed by atoms with Crippen LogP contribution in [0.4, 0.5) is 0 Å². The zero-order valence-electron chi connectivity index (χ0n) is 5.48. The van der Waals surface area contributed by atoms with Crippen molar-refractivity contribution in [2.24, 2.45) is 5.73 Å². The number of hydrogen-bond donors (Lipinski definition) is 4. The summed E-state index contributed by atoms with van der Waals surface area (Å²) in [6.07, 6.45) is 0. The first-order chi connectivity index (χ1) is 4.98. The molecule has 0 heterocycles. The molecule has 0 aliphatic heterocycles. The molecule has 0 spiro atoms. The Morgan fingerprint density at radius 2 is 2.09 bits per heavy atom. The molecule has 7 nitrogen and oxygen atoms in total. The minimum atomic E-state index is -3.57. The largest absolute Gasteiger partial charge is 0.329 e. The quantitative estimate of drug-likeness (QED) is 0.291. The monoisotopic (exact) mass is 203 g/mol. The summed E-state index contributed by atoms with van der Waals surface area (Å²) >= 11 is -2.40. The van der Waals surface area contributed by atoms with Crippen LogP contribution in [0.5, 0.6) is 0 Å². The average Bonchev–Trinajstić information content (AvgIpc) is 1.84. The Morgan fingerprint density at radius 1 is 1.55 bits per heavy atom. The van der Waals surface area contributed by atoms with Crippen LogP contribution in [0, 0.1) is 0 Å². The first-order valence-corrected chi connectivity index (χ1v) is 5.30. The minimum absolute atomic E-state index is 0.0466. The Hall–Kier alpha value is -0.0600. The Bertz CT molecular complexity index is 223. The lowest BCUT2D eigenvalue weighted by atomic mass is 10.8. The van der Waals surface area contributed by atoms with Crippen molar-refractivity contribution in [2.45, 2.75) is 0 Å². The van der Waals surface area contributed by atoms with Gasteiger partial charge in [-0.1, -0.05) is 0 Å². The lowest BCUT2D eigenvalue weighted by molar-refractivity contribution is 0.535. The van der Waals surface area contributed by atoms with Gasteiger partial charge >= 0.3 is 0 Å². The summed E-state index contributed by atoms with van der Waals surface area (Å²) in [5.74, 6) is -0.294. The van der Waals surface area contributed by atoms with Gasteiger partial charge in [-0.05, 0) is 0 Å². The second kappa shape index (κ2) is 4.74. The molecule has 1 atom stereocenters. The zero-order valence-corrected chi connectivity index (χ0v) is 7.11. The predicted molar refractivity (Wildman–Crippen MR) is 39.9 cm³/mol. The lowest BCUT2D eigenvalue weighted by Crippen LogP contribution is -2.40. The van der Waals surface area contributed by atoms with Gasteiger partial charge in [0.15, 0.2) is 0 Å². The van der Waals surface area contributed by atoms with E-state index < -0.39 is 21.3 Å². The highest BCUT2D eigenvalue weighted by molar-refractivity contribution is 7.90. The van der Waals surface area contributed by atoms with Crippen LogP contribution in [0.1, 0.15) is 0 Å². The molecule has 0 saturated carbocycles. The molecule has 5 N–H and O–H groups in total. The predicted octanol–water partition coefficient (Wildman–Crippen LogP) is -2.49. The maximum Gasteiger partial charge on any atom is 0.246 e. The number of hydrazine groups is 1. The lowest BCUT2D eigenvalue weighted by Gasteiger charge is -2.02. The third-order valence-electron chi connectivity index (χ3n) is 0.671. The van der Waals surface area contributed by atoms with E-state index in [1.165, 1.54) is 0 Å². The van der Waals surface area contributed by atoms with Crippen molar-refractivity contribution >= 4 is 21.3 Å². The van der Waals surface area contributed by atoms with Crippen molar-refractivity contribution in [2.75, 3.05) is 12.3 Å². The van der Waals surface area contributed by atoms with Crippen LogP contribution in [0.2, 0.25) is 0 Å². The van der Waals surface area contributed by atoms with Crippen molar-refractivity contribution < 1.29 is 17.2 Å². The summed E-state index contributed by atoms with van der Waals surface area (Å²) in [6, 6.07) is 0. The summed E-state index contributed by atoms with van der Waals surface area (Å²) < 4.78 is 39.3. The van der Waals surface area contributed by atoms with Crippen LogP contribution in [-0.4, -0.2) is 29.5 Å². The van der Waals surface area contributed by atoms with Gasteiger partial charge in [0.05, 0.1) is 5.75 Å². The normalized spacial score (nSPS) is 14.7. The molecule has 11 heavy (non-hydrogen) atoms. The molecule has 0 bridgehead atoms. The van der Waals surface area contributed by atoms with Gasteiger partial charge in [0, 0.05) is 6.54 Å². The van der Waals surface area contributed by atoms with Crippen molar-refractivity contribution in [3.63, 3.8) is 0 Å². The fraction of sp³-hybridized carbons (Fsp3) is 1.00. The molecular formula is C2H9N3O4S2. The Kier molecular flexibility index (Phi) is 4.72.